The van der Waals surface area contributed by atoms with E-state index in [-0.39, 0.29) is 10.1 Å². The fourth-order valence-corrected chi connectivity index (χ4v) is 5.47. The van der Waals surface area contributed by atoms with Crippen LogP contribution in [0.25, 0.3) is 11.3 Å². The van der Waals surface area contributed by atoms with Crippen LogP contribution in [0.1, 0.15) is 15.4 Å². The highest BCUT2D eigenvalue weighted by molar-refractivity contribution is 7.94. The summed E-state index contributed by atoms with van der Waals surface area (Å²) in [6.07, 6.45) is 0. The van der Waals surface area contributed by atoms with Crippen molar-refractivity contribution in [2.45, 2.75) is 11.1 Å². The van der Waals surface area contributed by atoms with Crippen LogP contribution in [0.5, 0.6) is 0 Å². The largest absolute Gasteiger partial charge is 0.322 e. The Balaban J connectivity index is 1.51. The van der Waals surface area contributed by atoms with Crippen molar-refractivity contribution in [1.29, 1.82) is 0 Å². The topological polar surface area (TPSA) is 88.2 Å². The van der Waals surface area contributed by atoms with Gasteiger partial charge in [-0.15, -0.1) is 22.7 Å². The van der Waals surface area contributed by atoms with Gasteiger partial charge in [0.05, 0.1) is 10.7 Å². The van der Waals surface area contributed by atoms with E-state index in [9.17, 15) is 13.2 Å². The van der Waals surface area contributed by atoms with Crippen molar-refractivity contribution in [3.63, 3.8) is 0 Å². The third-order valence-corrected chi connectivity index (χ3v) is 7.72. The Morgan fingerprint density at radius 2 is 1.77 bits per heavy atom. The molecule has 0 radical (unpaired) electrons. The Morgan fingerprint density at radius 3 is 2.50 bits per heavy atom. The van der Waals surface area contributed by atoms with Crippen LogP contribution in [0.2, 0.25) is 0 Å². The molecular formula is C21H17N3O3S3. The van der Waals surface area contributed by atoms with Crippen LogP contribution < -0.4 is 10.0 Å². The molecule has 0 spiro atoms. The molecule has 0 aliphatic rings. The van der Waals surface area contributed by atoms with Gasteiger partial charge in [-0.05, 0) is 48.7 Å². The number of anilines is 2. The lowest BCUT2D eigenvalue weighted by Crippen LogP contribution is -2.14. The van der Waals surface area contributed by atoms with Crippen LogP contribution in [-0.4, -0.2) is 19.3 Å². The van der Waals surface area contributed by atoms with E-state index < -0.39 is 10.0 Å². The molecule has 4 rings (SSSR count). The number of nitrogens with one attached hydrogen (secondary N) is 2. The van der Waals surface area contributed by atoms with E-state index in [1.54, 1.807) is 47.0 Å². The monoisotopic (exact) mass is 455 g/mol. The molecule has 0 aliphatic heterocycles. The van der Waals surface area contributed by atoms with Gasteiger partial charge in [-0.25, -0.2) is 13.4 Å². The zero-order valence-electron chi connectivity index (χ0n) is 15.8. The molecule has 4 aromatic rings. The average molecular weight is 456 g/mol. The van der Waals surface area contributed by atoms with Gasteiger partial charge >= 0.3 is 0 Å². The van der Waals surface area contributed by atoms with Gasteiger partial charge in [0.25, 0.3) is 15.9 Å². The normalized spacial score (nSPS) is 11.2. The zero-order valence-corrected chi connectivity index (χ0v) is 18.3. The number of thiazole rings is 1. The summed E-state index contributed by atoms with van der Waals surface area (Å²) < 4.78 is 27.5. The molecule has 0 bridgehead atoms. The molecule has 0 atom stereocenters. The van der Waals surface area contributed by atoms with E-state index in [1.807, 2.05) is 30.5 Å². The number of hydrogen-bond donors (Lipinski definition) is 2. The molecule has 0 fully saturated rings. The Morgan fingerprint density at radius 1 is 0.967 bits per heavy atom. The highest BCUT2D eigenvalue weighted by Crippen LogP contribution is 2.25. The van der Waals surface area contributed by atoms with Gasteiger partial charge in [-0.3, -0.25) is 9.52 Å². The lowest BCUT2D eigenvalue weighted by molar-refractivity contribution is 0.102. The first-order valence-corrected chi connectivity index (χ1v) is 12.2. The van der Waals surface area contributed by atoms with Gasteiger partial charge in [0.1, 0.15) is 4.21 Å². The summed E-state index contributed by atoms with van der Waals surface area (Å²) in [5.41, 5.74) is 3.07. The molecule has 0 aliphatic carbocycles. The van der Waals surface area contributed by atoms with E-state index >= 15 is 0 Å². The number of sulfonamides is 1. The molecule has 30 heavy (non-hydrogen) atoms. The Labute approximate surface area is 182 Å². The van der Waals surface area contributed by atoms with E-state index in [4.69, 9.17) is 0 Å². The van der Waals surface area contributed by atoms with E-state index in [2.05, 4.69) is 15.0 Å². The molecule has 0 saturated carbocycles. The molecule has 0 unspecified atom stereocenters. The Bertz CT molecular complexity index is 1300. The minimum Gasteiger partial charge on any atom is -0.322 e. The summed E-state index contributed by atoms with van der Waals surface area (Å²) in [6, 6.07) is 17.0. The minimum atomic E-state index is -3.67. The summed E-state index contributed by atoms with van der Waals surface area (Å²) in [7, 11) is -3.67. The molecule has 2 N–H and O–H groups in total. The van der Waals surface area contributed by atoms with Crippen molar-refractivity contribution in [3.05, 3.63) is 82.0 Å². The molecule has 2 aromatic heterocycles. The third-order valence-electron chi connectivity index (χ3n) is 4.17. The third kappa shape index (κ3) is 4.59. The van der Waals surface area contributed by atoms with Gasteiger partial charge in [-0.1, -0.05) is 24.3 Å². The Hall–Kier alpha value is -3.01. The summed E-state index contributed by atoms with van der Waals surface area (Å²) >= 11 is 2.70. The maximum Gasteiger partial charge on any atom is 0.271 e. The number of aryl methyl sites for hydroxylation is 1. The first kappa shape index (κ1) is 20.3. The van der Waals surface area contributed by atoms with Crippen LogP contribution in [0.4, 0.5) is 11.4 Å². The smallest absolute Gasteiger partial charge is 0.271 e. The number of carbonyl (C=O) groups is 1. The molecular weight excluding hydrogens is 438 g/mol. The molecule has 2 heterocycles. The molecule has 1 amide bonds. The van der Waals surface area contributed by atoms with Crippen LogP contribution in [0.15, 0.2) is 75.6 Å². The highest BCUT2D eigenvalue weighted by atomic mass is 32.2. The maximum atomic E-state index is 12.7. The lowest BCUT2D eigenvalue weighted by atomic mass is 10.1. The van der Waals surface area contributed by atoms with Gasteiger partial charge < -0.3 is 5.32 Å². The fourth-order valence-electron chi connectivity index (χ4n) is 2.80. The lowest BCUT2D eigenvalue weighted by Gasteiger charge is -2.10. The standard InChI is InChI=1S/C21H17N3O3S3/c1-14-22-19(13-29-14)15-5-2-7-17(11-15)23-21(25)16-6-3-8-18(12-16)24-30(26,27)20-9-4-10-28-20/h2-13,24H,1H3,(H,23,25). The van der Waals surface area contributed by atoms with Gasteiger partial charge in [0.15, 0.2) is 0 Å². The summed E-state index contributed by atoms with van der Waals surface area (Å²) in [4.78, 5) is 17.2. The van der Waals surface area contributed by atoms with E-state index in [1.165, 1.54) is 12.1 Å². The predicted octanol–water partition coefficient (Wildman–Crippen LogP) is 5.23. The average Bonchev–Trinajstić information content (AvgIpc) is 3.40. The second-order valence-corrected chi connectivity index (χ2v) is 10.3. The first-order valence-electron chi connectivity index (χ1n) is 8.91. The van der Waals surface area contributed by atoms with Crippen molar-refractivity contribution in [2.75, 3.05) is 10.0 Å². The number of hydrogen-bond acceptors (Lipinski definition) is 6. The number of benzene rings is 2. The van der Waals surface area contributed by atoms with Crippen LogP contribution in [0.3, 0.4) is 0 Å². The molecule has 0 saturated heterocycles. The molecule has 6 nitrogen and oxygen atoms in total. The van der Waals surface area contributed by atoms with Crippen LogP contribution >= 0.6 is 22.7 Å². The van der Waals surface area contributed by atoms with E-state index in [0.29, 0.717) is 16.9 Å². The number of rotatable bonds is 6. The highest BCUT2D eigenvalue weighted by Gasteiger charge is 2.16. The van der Waals surface area contributed by atoms with Crippen LogP contribution in [-0.2, 0) is 10.0 Å². The van der Waals surface area contributed by atoms with Gasteiger partial charge in [-0.2, -0.15) is 0 Å². The quantitative estimate of drug-likeness (QED) is 0.416. The zero-order chi connectivity index (χ0) is 21.1. The Kier molecular flexibility index (Phi) is 5.67. The minimum absolute atomic E-state index is 0.214. The number of nitrogens with zero attached hydrogens (tertiary/aromatic N) is 1. The molecule has 2 aromatic carbocycles. The van der Waals surface area contributed by atoms with Crippen molar-refractivity contribution in [2.24, 2.45) is 0 Å². The maximum absolute atomic E-state index is 12.7. The summed E-state index contributed by atoms with van der Waals surface area (Å²) in [5, 5.41) is 7.49. The van der Waals surface area contributed by atoms with Crippen molar-refractivity contribution in [1.82, 2.24) is 4.98 Å². The number of carbonyl (C=O) groups excluding carboxylic acids is 1. The molecule has 9 heteroatoms. The number of aromatic nitrogens is 1. The van der Waals surface area contributed by atoms with Crippen LogP contribution in [0, 0.1) is 6.92 Å². The molecule has 152 valence electrons. The second kappa shape index (κ2) is 8.39. The number of thiophene rings is 1. The fraction of sp³-hybridized carbons (Fsp3) is 0.0476. The van der Waals surface area contributed by atoms with Crippen molar-refractivity contribution < 1.29 is 13.2 Å². The SMILES string of the molecule is Cc1nc(-c2cccc(NC(=O)c3cccc(NS(=O)(=O)c4cccs4)c3)c2)cs1. The number of amides is 1. The van der Waals surface area contributed by atoms with Crippen molar-refractivity contribution >= 4 is 50.0 Å². The van der Waals surface area contributed by atoms with Crippen molar-refractivity contribution in [3.8, 4) is 11.3 Å². The predicted molar refractivity (Wildman–Crippen MR) is 122 cm³/mol. The second-order valence-electron chi connectivity index (χ2n) is 6.41. The summed E-state index contributed by atoms with van der Waals surface area (Å²) in [6.45, 7) is 1.94. The van der Waals surface area contributed by atoms with Gasteiger partial charge in [0.2, 0.25) is 0 Å². The summed E-state index contributed by atoms with van der Waals surface area (Å²) in [5.74, 6) is -0.334. The van der Waals surface area contributed by atoms with E-state index in [0.717, 1.165) is 27.6 Å². The van der Waals surface area contributed by atoms with Gasteiger partial charge in [0, 0.05) is 27.9 Å². The first-order chi connectivity index (χ1) is 14.4.